The maximum Gasteiger partial charge on any atom is 0.409 e. The van der Waals surface area contributed by atoms with Crippen molar-refractivity contribution >= 4 is 16.7 Å². The summed E-state index contributed by atoms with van der Waals surface area (Å²) in [6.45, 7) is 5.15. The number of hydrogen-bond donors (Lipinski definition) is 1. The molecule has 1 saturated heterocycles. The molecule has 3 nitrogen and oxygen atoms in total. The van der Waals surface area contributed by atoms with Crippen molar-refractivity contribution in [3.05, 3.63) is 47.5 Å². The largest absolute Gasteiger partial charge is 0.409 e. The van der Waals surface area contributed by atoms with Crippen LogP contribution in [-0.2, 0) is 11.2 Å². The lowest BCUT2D eigenvalue weighted by Crippen LogP contribution is -2.51. The number of fused-ring (bicyclic) bond motifs is 1. The second kappa shape index (κ2) is 6.02. The number of hydrazine groups is 1. The molecular weight excluding hydrogens is 329 g/mol. The van der Waals surface area contributed by atoms with E-state index in [1.165, 1.54) is 0 Å². The van der Waals surface area contributed by atoms with Gasteiger partial charge in [0, 0.05) is 12.0 Å². The normalized spacial score (nSPS) is 19.2. The fraction of sp³-hybridized carbons (Fsp3) is 0.421. The van der Waals surface area contributed by atoms with Gasteiger partial charge in [-0.05, 0) is 42.2 Å². The predicted octanol–water partition coefficient (Wildman–Crippen LogP) is 4.52. The van der Waals surface area contributed by atoms with Crippen LogP contribution >= 0.6 is 0 Å². The van der Waals surface area contributed by atoms with Gasteiger partial charge in [0.25, 0.3) is 0 Å². The van der Waals surface area contributed by atoms with Crippen LogP contribution in [0.4, 0.5) is 13.2 Å². The van der Waals surface area contributed by atoms with Gasteiger partial charge in [0.05, 0.1) is 0 Å². The molecule has 1 aliphatic heterocycles. The quantitative estimate of drug-likeness (QED) is 0.883. The monoisotopic (exact) mass is 350 g/mol. The van der Waals surface area contributed by atoms with Crippen molar-refractivity contribution in [2.24, 2.45) is 0 Å². The van der Waals surface area contributed by atoms with E-state index in [1.54, 1.807) is 26.0 Å². The lowest BCUT2D eigenvalue weighted by atomic mass is 9.90. The van der Waals surface area contributed by atoms with Crippen molar-refractivity contribution in [2.45, 2.75) is 51.4 Å². The lowest BCUT2D eigenvalue weighted by Gasteiger charge is -2.38. The maximum absolute atomic E-state index is 14.1. The fourth-order valence-corrected chi connectivity index (χ4v) is 3.68. The highest BCUT2D eigenvalue weighted by atomic mass is 19.4. The van der Waals surface area contributed by atoms with Crippen molar-refractivity contribution in [1.82, 2.24) is 10.4 Å². The molecule has 1 aliphatic rings. The van der Waals surface area contributed by atoms with Gasteiger partial charge in [0.15, 0.2) is 6.04 Å². The van der Waals surface area contributed by atoms with Crippen LogP contribution in [-0.4, -0.2) is 22.6 Å². The molecule has 6 heteroatoms. The lowest BCUT2D eigenvalue weighted by molar-refractivity contribution is -0.204. The topological polar surface area (TPSA) is 32.3 Å². The molecule has 2 aromatic rings. The SMILES string of the molecule is CCc1c(C(N2NC(=O)CC2(C)C)C(F)(F)F)ccc2ccccc12. The number of halogens is 3. The van der Waals surface area contributed by atoms with E-state index in [0.29, 0.717) is 12.0 Å². The van der Waals surface area contributed by atoms with Gasteiger partial charge in [-0.15, -0.1) is 0 Å². The first-order valence-corrected chi connectivity index (χ1v) is 8.31. The zero-order valence-corrected chi connectivity index (χ0v) is 14.4. The van der Waals surface area contributed by atoms with Gasteiger partial charge >= 0.3 is 6.18 Å². The van der Waals surface area contributed by atoms with Gasteiger partial charge in [0.2, 0.25) is 5.91 Å². The van der Waals surface area contributed by atoms with Gasteiger partial charge in [-0.2, -0.15) is 18.2 Å². The molecule has 134 valence electrons. The van der Waals surface area contributed by atoms with Gasteiger partial charge in [-0.25, -0.2) is 0 Å². The summed E-state index contributed by atoms with van der Waals surface area (Å²) in [5.74, 6) is -0.391. The number of carbonyl (C=O) groups excluding carboxylic acids is 1. The molecule has 0 spiro atoms. The van der Waals surface area contributed by atoms with Crippen LogP contribution in [0, 0.1) is 0 Å². The zero-order valence-electron chi connectivity index (χ0n) is 14.4. The molecule has 0 bridgehead atoms. The number of amides is 1. The molecular formula is C19H21F3N2O. The molecule has 2 aromatic carbocycles. The highest BCUT2D eigenvalue weighted by Crippen LogP contribution is 2.44. The fourth-order valence-electron chi connectivity index (χ4n) is 3.68. The predicted molar refractivity (Wildman–Crippen MR) is 90.8 cm³/mol. The van der Waals surface area contributed by atoms with E-state index < -0.39 is 23.7 Å². The van der Waals surface area contributed by atoms with E-state index in [-0.39, 0.29) is 12.0 Å². The summed E-state index contributed by atoms with van der Waals surface area (Å²) >= 11 is 0. The molecule has 1 N–H and O–H groups in total. The standard InChI is InChI=1S/C19H21F3N2O/c1-4-13-14-8-6-5-7-12(14)9-10-15(13)17(19(20,21)22)24-18(2,3)11-16(25)23-24/h5-10,17H,4,11H2,1-3H3,(H,23,25). The van der Waals surface area contributed by atoms with Crippen LogP contribution in [0.15, 0.2) is 36.4 Å². The second-order valence-electron chi connectivity index (χ2n) is 7.05. The van der Waals surface area contributed by atoms with Crippen LogP contribution < -0.4 is 5.43 Å². The number of nitrogens with zero attached hydrogens (tertiary/aromatic N) is 1. The Bertz CT molecular complexity index is 814. The Hall–Kier alpha value is -2.08. The number of carbonyl (C=O) groups is 1. The van der Waals surface area contributed by atoms with E-state index in [1.807, 2.05) is 31.2 Å². The molecule has 1 heterocycles. The third-order valence-corrected chi connectivity index (χ3v) is 4.78. The number of benzene rings is 2. The van der Waals surface area contributed by atoms with Gasteiger partial charge in [-0.1, -0.05) is 43.3 Å². The van der Waals surface area contributed by atoms with Crippen LogP contribution in [0.1, 0.15) is 44.4 Å². The average Bonchev–Trinajstić information content (AvgIpc) is 2.78. The third-order valence-electron chi connectivity index (χ3n) is 4.78. The van der Waals surface area contributed by atoms with Crippen molar-refractivity contribution < 1.29 is 18.0 Å². The summed E-state index contributed by atoms with van der Waals surface area (Å²) in [4.78, 5) is 11.8. The number of nitrogens with one attached hydrogen (secondary N) is 1. The molecule has 1 amide bonds. The van der Waals surface area contributed by atoms with Crippen LogP contribution in [0.5, 0.6) is 0 Å². The summed E-state index contributed by atoms with van der Waals surface area (Å²) in [6.07, 6.45) is -4.00. The Labute approximate surface area is 144 Å². The van der Waals surface area contributed by atoms with E-state index in [4.69, 9.17) is 0 Å². The van der Waals surface area contributed by atoms with Gasteiger partial charge in [0.1, 0.15) is 0 Å². The molecule has 1 atom stereocenters. The first-order chi connectivity index (χ1) is 11.6. The Morgan fingerprint density at radius 2 is 1.88 bits per heavy atom. The Morgan fingerprint density at radius 1 is 1.20 bits per heavy atom. The highest BCUT2D eigenvalue weighted by molar-refractivity contribution is 5.87. The number of hydrogen-bond acceptors (Lipinski definition) is 2. The first-order valence-electron chi connectivity index (χ1n) is 8.31. The van der Waals surface area contributed by atoms with Crippen molar-refractivity contribution in [2.75, 3.05) is 0 Å². The molecule has 0 saturated carbocycles. The second-order valence-corrected chi connectivity index (χ2v) is 7.05. The molecule has 0 aliphatic carbocycles. The van der Waals surface area contributed by atoms with E-state index >= 15 is 0 Å². The van der Waals surface area contributed by atoms with E-state index in [9.17, 15) is 18.0 Å². The smallest absolute Gasteiger partial charge is 0.287 e. The Balaban J connectivity index is 2.22. The Morgan fingerprint density at radius 3 is 2.44 bits per heavy atom. The summed E-state index contributed by atoms with van der Waals surface area (Å²) in [6, 6.07) is 8.81. The number of alkyl halides is 3. The molecule has 1 fully saturated rings. The zero-order chi connectivity index (χ0) is 18.4. The minimum atomic E-state index is -4.51. The molecule has 3 rings (SSSR count). The maximum atomic E-state index is 14.1. The van der Waals surface area contributed by atoms with Crippen molar-refractivity contribution in [3.63, 3.8) is 0 Å². The third kappa shape index (κ3) is 3.11. The first kappa shape index (κ1) is 17.7. The average molecular weight is 350 g/mol. The number of rotatable bonds is 3. The van der Waals surface area contributed by atoms with Gasteiger partial charge < -0.3 is 0 Å². The molecule has 0 radical (unpaired) electrons. The van der Waals surface area contributed by atoms with E-state index in [0.717, 1.165) is 15.8 Å². The van der Waals surface area contributed by atoms with Gasteiger partial charge in [-0.3, -0.25) is 10.2 Å². The highest BCUT2D eigenvalue weighted by Gasteiger charge is 2.53. The van der Waals surface area contributed by atoms with E-state index in [2.05, 4.69) is 5.43 Å². The minimum absolute atomic E-state index is 0.0363. The number of aryl methyl sites for hydroxylation is 1. The summed E-state index contributed by atoms with van der Waals surface area (Å²) in [5, 5.41) is 2.80. The molecule has 1 unspecified atom stereocenters. The van der Waals surface area contributed by atoms with Crippen LogP contribution in [0.3, 0.4) is 0 Å². The van der Waals surface area contributed by atoms with Crippen molar-refractivity contribution in [3.8, 4) is 0 Å². The molecule has 0 aromatic heterocycles. The summed E-state index contributed by atoms with van der Waals surface area (Å²) in [7, 11) is 0. The summed E-state index contributed by atoms with van der Waals surface area (Å²) in [5.41, 5.74) is 2.36. The van der Waals surface area contributed by atoms with Crippen molar-refractivity contribution in [1.29, 1.82) is 0 Å². The summed E-state index contributed by atoms with van der Waals surface area (Å²) < 4.78 is 42.2. The minimum Gasteiger partial charge on any atom is -0.287 e. The Kier molecular flexibility index (Phi) is 4.27. The van der Waals surface area contributed by atoms with Crippen LogP contribution in [0.2, 0.25) is 0 Å². The van der Waals surface area contributed by atoms with Crippen LogP contribution in [0.25, 0.3) is 10.8 Å². The molecule has 25 heavy (non-hydrogen) atoms.